The molecule has 0 atom stereocenters. The van der Waals surface area contributed by atoms with Crippen molar-refractivity contribution in [1.29, 1.82) is 0 Å². The van der Waals surface area contributed by atoms with Crippen LogP contribution < -0.4 is 10.8 Å². The minimum atomic E-state index is -4.88. The number of nitrogens with zero attached hydrogens (tertiary/aromatic N) is 1. The van der Waals surface area contributed by atoms with Gasteiger partial charge < -0.3 is 15.4 Å². The van der Waals surface area contributed by atoms with Crippen LogP contribution >= 0.6 is 0 Å². The fourth-order valence-electron chi connectivity index (χ4n) is 2.19. The van der Waals surface area contributed by atoms with Crippen molar-refractivity contribution in [2.45, 2.75) is 11.4 Å². The first-order chi connectivity index (χ1) is 9.36. The van der Waals surface area contributed by atoms with Crippen molar-refractivity contribution in [3.8, 4) is 0 Å². The third kappa shape index (κ3) is 4.00. The van der Waals surface area contributed by atoms with Crippen molar-refractivity contribution in [2.24, 2.45) is 0 Å². The van der Waals surface area contributed by atoms with E-state index in [0.29, 0.717) is 12.1 Å². The van der Waals surface area contributed by atoms with E-state index in [1.54, 1.807) is 0 Å². The minimum absolute atomic E-state index is 0.0335. The molecule has 1 aromatic carbocycles. The lowest BCUT2D eigenvalue weighted by Crippen LogP contribution is -2.43. The Morgan fingerprint density at radius 3 is 2.45 bits per heavy atom. The molecule has 0 amide bonds. The maximum absolute atomic E-state index is 13.1. The zero-order chi connectivity index (χ0) is 14.8. The molecule has 0 spiro atoms. The van der Waals surface area contributed by atoms with E-state index in [9.17, 15) is 12.3 Å². The van der Waals surface area contributed by atoms with Gasteiger partial charge in [0.25, 0.3) is 0 Å². The van der Waals surface area contributed by atoms with E-state index in [2.05, 4.69) is 10.2 Å². The molecule has 1 aliphatic heterocycles. The van der Waals surface area contributed by atoms with E-state index in [4.69, 9.17) is 10.0 Å². The highest BCUT2D eigenvalue weighted by Gasteiger charge is 2.20. The summed E-state index contributed by atoms with van der Waals surface area (Å²) in [5.41, 5.74) is 0.502. The maximum Gasteiger partial charge on any atom is 0.488 e. The van der Waals surface area contributed by atoms with Crippen molar-refractivity contribution in [3.63, 3.8) is 0 Å². The quantitative estimate of drug-likeness (QED) is 0.460. The molecule has 110 valence electrons. The topological polar surface area (TPSA) is 89.9 Å². The number of rotatable bonds is 4. The van der Waals surface area contributed by atoms with Crippen LogP contribution in [0.1, 0.15) is 5.56 Å². The molecule has 9 heteroatoms. The van der Waals surface area contributed by atoms with Crippen molar-refractivity contribution < 1.29 is 22.4 Å². The third-order valence-electron chi connectivity index (χ3n) is 3.18. The maximum atomic E-state index is 13.1. The highest BCUT2D eigenvalue weighted by atomic mass is 32.3. The SMILES string of the molecule is O=S(=O)(F)c1cc(CN2CCNCC2)cc(B(O)O)c1. The fourth-order valence-corrected chi connectivity index (χ4v) is 2.76. The second-order valence-corrected chi connectivity index (χ2v) is 6.10. The molecular formula is C11H16BFN2O4S. The molecule has 1 fully saturated rings. The number of hydrogen-bond acceptors (Lipinski definition) is 6. The van der Waals surface area contributed by atoms with Gasteiger partial charge >= 0.3 is 17.3 Å². The zero-order valence-electron chi connectivity index (χ0n) is 10.8. The summed E-state index contributed by atoms with van der Waals surface area (Å²) in [4.78, 5) is 1.53. The molecule has 0 aliphatic carbocycles. The van der Waals surface area contributed by atoms with Crippen LogP contribution in [0.25, 0.3) is 0 Å². The summed E-state index contributed by atoms with van der Waals surface area (Å²) in [7, 11) is -6.71. The van der Waals surface area contributed by atoms with E-state index in [0.717, 1.165) is 32.2 Å². The molecule has 3 N–H and O–H groups in total. The summed E-state index contributed by atoms with van der Waals surface area (Å²) in [6.07, 6.45) is 0. The van der Waals surface area contributed by atoms with Crippen molar-refractivity contribution >= 4 is 22.8 Å². The van der Waals surface area contributed by atoms with E-state index in [1.165, 1.54) is 12.1 Å². The number of benzene rings is 1. The summed E-state index contributed by atoms with van der Waals surface area (Å²) in [5, 5.41) is 21.5. The molecule has 2 rings (SSSR count). The summed E-state index contributed by atoms with van der Waals surface area (Å²) in [6.45, 7) is 3.69. The predicted molar refractivity (Wildman–Crippen MR) is 72.7 cm³/mol. The molecule has 6 nitrogen and oxygen atoms in total. The third-order valence-corrected chi connectivity index (χ3v) is 3.98. The van der Waals surface area contributed by atoms with Gasteiger partial charge in [0.1, 0.15) is 0 Å². The van der Waals surface area contributed by atoms with E-state index in [1.807, 2.05) is 0 Å². The average molecular weight is 302 g/mol. The van der Waals surface area contributed by atoms with Crippen LogP contribution in [0.15, 0.2) is 23.1 Å². The van der Waals surface area contributed by atoms with Crippen molar-refractivity contribution in [1.82, 2.24) is 10.2 Å². The predicted octanol–water partition coefficient (Wildman–Crippen LogP) is -1.57. The van der Waals surface area contributed by atoms with Crippen molar-refractivity contribution in [2.75, 3.05) is 26.2 Å². The summed E-state index contributed by atoms with van der Waals surface area (Å²) in [5.74, 6) is 0. The fraction of sp³-hybridized carbons (Fsp3) is 0.455. The van der Waals surface area contributed by atoms with Gasteiger partial charge in [0.15, 0.2) is 0 Å². The van der Waals surface area contributed by atoms with Crippen molar-refractivity contribution in [3.05, 3.63) is 23.8 Å². The Hall–Kier alpha value is -0.995. The molecule has 0 bridgehead atoms. The Balaban J connectivity index is 2.29. The molecule has 0 saturated carbocycles. The molecular weight excluding hydrogens is 286 g/mol. The molecule has 1 aromatic rings. The zero-order valence-corrected chi connectivity index (χ0v) is 11.6. The molecule has 20 heavy (non-hydrogen) atoms. The second kappa shape index (κ2) is 6.19. The van der Waals surface area contributed by atoms with Crippen LogP contribution in [0.3, 0.4) is 0 Å². The standard InChI is InChI=1S/C11H16BFN2O4S/c13-20(18,19)11-6-9(5-10(7-11)12(16)17)8-15-3-1-14-2-4-15/h5-7,14,16-17H,1-4,8H2. The molecule has 0 aromatic heterocycles. The van der Waals surface area contributed by atoms with E-state index >= 15 is 0 Å². The number of nitrogens with one attached hydrogen (secondary N) is 1. The van der Waals surface area contributed by atoms with Gasteiger partial charge in [-0.05, 0) is 23.2 Å². The van der Waals surface area contributed by atoms with Crippen LogP contribution in [-0.4, -0.2) is 56.7 Å². The Morgan fingerprint density at radius 2 is 1.90 bits per heavy atom. The van der Waals surface area contributed by atoms with Gasteiger partial charge in [0.05, 0.1) is 4.90 Å². The normalized spacial score (nSPS) is 17.1. The Labute approximate surface area is 117 Å². The lowest BCUT2D eigenvalue weighted by Gasteiger charge is -2.27. The van der Waals surface area contributed by atoms with Gasteiger partial charge in [-0.15, -0.1) is 3.89 Å². The van der Waals surface area contributed by atoms with Gasteiger partial charge in [0.2, 0.25) is 0 Å². The molecule has 1 heterocycles. The first kappa shape index (κ1) is 15.4. The highest BCUT2D eigenvalue weighted by Crippen LogP contribution is 2.15. The van der Waals surface area contributed by atoms with E-state index < -0.39 is 22.2 Å². The Bertz CT molecular complexity index is 576. The first-order valence-electron chi connectivity index (χ1n) is 6.24. The van der Waals surface area contributed by atoms with Crippen LogP contribution in [-0.2, 0) is 16.8 Å². The minimum Gasteiger partial charge on any atom is -0.423 e. The van der Waals surface area contributed by atoms with E-state index in [-0.39, 0.29) is 5.46 Å². The molecule has 0 unspecified atom stereocenters. The lowest BCUT2D eigenvalue weighted by molar-refractivity contribution is 0.233. The van der Waals surface area contributed by atoms with Gasteiger partial charge in [-0.3, -0.25) is 4.90 Å². The molecule has 1 aliphatic rings. The Kier molecular flexibility index (Phi) is 4.76. The molecule has 1 saturated heterocycles. The van der Waals surface area contributed by atoms with Gasteiger partial charge in [0, 0.05) is 32.7 Å². The van der Waals surface area contributed by atoms with Crippen LogP contribution in [0.2, 0.25) is 0 Å². The summed E-state index contributed by atoms with van der Waals surface area (Å²) < 4.78 is 35.1. The summed E-state index contributed by atoms with van der Waals surface area (Å²) in [6, 6.07) is 3.63. The summed E-state index contributed by atoms with van der Waals surface area (Å²) >= 11 is 0. The van der Waals surface area contributed by atoms with Gasteiger partial charge in [-0.1, -0.05) is 6.07 Å². The van der Waals surface area contributed by atoms with Gasteiger partial charge in [-0.25, -0.2) is 0 Å². The average Bonchev–Trinajstić information content (AvgIpc) is 2.38. The van der Waals surface area contributed by atoms with Crippen LogP contribution in [0.4, 0.5) is 3.89 Å². The van der Waals surface area contributed by atoms with Gasteiger partial charge in [-0.2, -0.15) is 8.42 Å². The largest absolute Gasteiger partial charge is 0.488 e. The highest BCUT2D eigenvalue weighted by molar-refractivity contribution is 7.86. The number of halogens is 1. The number of hydrogen-bond donors (Lipinski definition) is 3. The smallest absolute Gasteiger partial charge is 0.423 e. The second-order valence-electron chi connectivity index (χ2n) is 4.75. The molecule has 0 radical (unpaired) electrons. The van der Waals surface area contributed by atoms with Crippen LogP contribution in [0.5, 0.6) is 0 Å². The van der Waals surface area contributed by atoms with Crippen LogP contribution in [0, 0.1) is 0 Å². The number of piperazine rings is 1. The first-order valence-corrected chi connectivity index (χ1v) is 7.62. The Morgan fingerprint density at radius 1 is 1.25 bits per heavy atom. The monoisotopic (exact) mass is 302 g/mol. The lowest BCUT2D eigenvalue weighted by atomic mass is 9.79.